The summed E-state index contributed by atoms with van der Waals surface area (Å²) in [5.41, 5.74) is 2.25. The lowest BCUT2D eigenvalue weighted by atomic mass is 10.1. The van der Waals surface area contributed by atoms with Crippen molar-refractivity contribution in [2.24, 2.45) is 0 Å². The van der Waals surface area contributed by atoms with Gasteiger partial charge in [-0.1, -0.05) is 48.2 Å². The topological polar surface area (TPSA) is 64.5 Å². The van der Waals surface area contributed by atoms with Crippen LogP contribution in [0.15, 0.2) is 59.6 Å². The number of likely N-dealkylation sites (N-methyl/N-ethyl adjacent to an activating group) is 1. The van der Waals surface area contributed by atoms with E-state index in [9.17, 15) is 4.79 Å². The van der Waals surface area contributed by atoms with Gasteiger partial charge in [0.1, 0.15) is 15.7 Å². The predicted molar refractivity (Wildman–Crippen MR) is 139 cm³/mol. The standard InChI is InChI=1S/C26H27N3O3S2/c1-17-27-25(20-15-23(34-26(20)28-17)19-8-6-5-7-9-19)33-16-24(30)29(2)13-12-18-10-11-21(31-3)22(14-18)32-4/h5-11,14-15H,12-13,16H2,1-4H3. The Morgan fingerprint density at radius 2 is 1.79 bits per heavy atom. The number of hydrogen-bond donors (Lipinski definition) is 0. The minimum Gasteiger partial charge on any atom is -0.493 e. The van der Waals surface area contributed by atoms with Gasteiger partial charge in [-0.05, 0) is 42.7 Å². The molecular weight excluding hydrogens is 466 g/mol. The van der Waals surface area contributed by atoms with Crippen LogP contribution in [0.5, 0.6) is 11.5 Å². The van der Waals surface area contributed by atoms with E-state index in [1.54, 1.807) is 30.5 Å². The second-order valence-corrected chi connectivity index (χ2v) is 9.81. The largest absolute Gasteiger partial charge is 0.493 e. The number of amides is 1. The van der Waals surface area contributed by atoms with Crippen LogP contribution in [-0.4, -0.2) is 54.3 Å². The van der Waals surface area contributed by atoms with Crippen molar-refractivity contribution in [3.8, 4) is 21.9 Å². The van der Waals surface area contributed by atoms with Crippen molar-refractivity contribution in [1.29, 1.82) is 0 Å². The molecule has 34 heavy (non-hydrogen) atoms. The summed E-state index contributed by atoms with van der Waals surface area (Å²) in [7, 11) is 5.08. The molecule has 0 spiro atoms. The highest BCUT2D eigenvalue weighted by molar-refractivity contribution is 8.00. The number of methoxy groups -OCH3 is 2. The molecule has 0 fully saturated rings. The molecule has 0 radical (unpaired) electrons. The van der Waals surface area contributed by atoms with Gasteiger partial charge in [0, 0.05) is 23.9 Å². The molecule has 2 heterocycles. The Morgan fingerprint density at radius 1 is 1.03 bits per heavy atom. The molecule has 1 amide bonds. The number of rotatable bonds is 9. The molecule has 4 aromatic rings. The van der Waals surface area contributed by atoms with Crippen molar-refractivity contribution in [3.05, 3.63) is 66.0 Å². The Kier molecular flexibility index (Phi) is 7.70. The van der Waals surface area contributed by atoms with Crippen LogP contribution in [0.1, 0.15) is 11.4 Å². The molecule has 2 aromatic heterocycles. The second kappa shape index (κ2) is 10.9. The van der Waals surface area contributed by atoms with E-state index in [2.05, 4.69) is 28.2 Å². The van der Waals surface area contributed by atoms with Gasteiger partial charge in [0.25, 0.3) is 0 Å². The maximum atomic E-state index is 12.8. The molecule has 0 N–H and O–H groups in total. The lowest BCUT2D eigenvalue weighted by molar-refractivity contribution is -0.127. The number of aromatic nitrogens is 2. The Morgan fingerprint density at radius 3 is 2.53 bits per heavy atom. The van der Waals surface area contributed by atoms with Crippen molar-refractivity contribution in [1.82, 2.24) is 14.9 Å². The van der Waals surface area contributed by atoms with Crippen LogP contribution in [0, 0.1) is 6.92 Å². The summed E-state index contributed by atoms with van der Waals surface area (Å²) in [6.07, 6.45) is 0.731. The number of thioether (sulfide) groups is 1. The average Bonchev–Trinajstić information content (AvgIpc) is 3.30. The summed E-state index contributed by atoms with van der Waals surface area (Å²) in [5.74, 6) is 2.49. The van der Waals surface area contributed by atoms with Crippen molar-refractivity contribution >= 4 is 39.2 Å². The Labute approximate surface area is 207 Å². The van der Waals surface area contributed by atoms with Gasteiger partial charge < -0.3 is 14.4 Å². The number of aryl methyl sites for hydroxylation is 1. The lowest BCUT2D eigenvalue weighted by Gasteiger charge is -2.17. The normalized spacial score (nSPS) is 10.9. The van der Waals surface area contributed by atoms with Crippen LogP contribution in [-0.2, 0) is 11.2 Å². The molecule has 0 saturated carbocycles. The summed E-state index contributed by atoms with van der Waals surface area (Å²) in [6.45, 7) is 2.51. The molecule has 0 bridgehead atoms. The first-order valence-corrected chi connectivity index (χ1v) is 12.7. The summed E-state index contributed by atoms with van der Waals surface area (Å²) in [6, 6.07) is 18.2. The maximum Gasteiger partial charge on any atom is 0.232 e. The van der Waals surface area contributed by atoms with Crippen molar-refractivity contribution in [2.75, 3.05) is 33.6 Å². The van der Waals surface area contributed by atoms with E-state index in [0.29, 0.717) is 29.6 Å². The Hall–Kier alpha value is -3.10. The molecule has 2 aromatic carbocycles. The van der Waals surface area contributed by atoms with E-state index >= 15 is 0 Å². The monoisotopic (exact) mass is 493 g/mol. The molecule has 0 aliphatic carbocycles. The summed E-state index contributed by atoms with van der Waals surface area (Å²) in [4.78, 5) is 25.9. The zero-order valence-corrected chi connectivity index (χ0v) is 21.3. The van der Waals surface area contributed by atoms with E-state index < -0.39 is 0 Å². The number of benzene rings is 2. The minimum atomic E-state index is 0.0633. The van der Waals surface area contributed by atoms with Gasteiger partial charge in [-0.2, -0.15) is 0 Å². The van der Waals surface area contributed by atoms with E-state index in [0.717, 1.165) is 37.7 Å². The molecule has 0 unspecified atom stereocenters. The zero-order valence-electron chi connectivity index (χ0n) is 19.7. The highest BCUT2D eigenvalue weighted by Crippen LogP contribution is 2.36. The van der Waals surface area contributed by atoms with Gasteiger partial charge in [-0.25, -0.2) is 9.97 Å². The lowest BCUT2D eigenvalue weighted by Crippen LogP contribution is -2.30. The number of nitrogens with zero attached hydrogens (tertiary/aromatic N) is 3. The van der Waals surface area contributed by atoms with Crippen molar-refractivity contribution < 1.29 is 14.3 Å². The predicted octanol–water partition coefficient (Wildman–Crippen LogP) is 5.48. The molecule has 8 heteroatoms. The number of carbonyl (C=O) groups excluding carboxylic acids is 1. The fourth-order valence-corrected chi connectivity index (χ4v) is 5.68. The summed E-state index contributed by atoms with van der Waals surface area (Å²) in [5, 5.41) is 1.85. The highest BCUT2D eigenvalue weighted by atomic mass is 32.2. The SMILES string of the molecule is COc1ccc(CCN(C)C(=O)CSc2nc(C)nc3sc(-c4ccccc4)cc23)cc1OC. The third kappa shape index (κ3) is 5.51. The van der Waals surface area contributed by atoms with E-state index in [-0.39, 0.29) is 5.91 Å². The molecule has 0 aliphatic rings. The zero-order chi connectivity index (χ0) is 24.1. The molecule has 176 valence electrons. The van der Waals surface area contributed by atoms with Gasteiger partial charge in [0.05, 0.1) is 20.0 Å². The summed E-state index contributed by atoms with van der Waals surface area (Å²) >= 11 is 3.12. The van der Waals surface area contributed by atoms with Crippen LogP contribution in [0.3, 0.4) is 0 Å². The van der Waals surface area contributed by atoms with Crippen LogP contribution < -0.4 is 9.47 Å². The van der Waals surface area contributed by atoms with E-state index in [1.165, 1.54) is 11.8 Å². The molecule has 6 nitrogen and oxygen atoms in total. The number of thiophene rings is 1. The summed E-state index contributed by atoms with van der Waals surface area (Å²) < 4.78 is 10.7. The van der Waals surface area contributed by atoms with Gasteiger partial charge in [0.2, 0.25) is 5.91 Å². The number of hydrogen-bond acceptors (Lipinski definition) is 7. The quantitative estimate of drug-likeness (QED) is 0.227. The van der Waals surface area contributed by atoms with Crippen LogP contribution in [0.25, 0.3) is 20.7 Å². The molecule has 0 aliphatic heterocycles. The molecular formula is C26H27N3O3S2. The molecule has 0 atom stereocenters. The van der Waals surface area contributed by atoms with Crippen molar-refractivity contribution in [2.45, 2.75) is 18.4 Å². The first kappa shape index (κ1) is 24.0. The van der Waals surface area contributed by atoms with Gasteiger partial charge in [-0.3, -0.25) is 4.79 Å². The maximum absolute atomic E-state index is 12.8. The van der Waals surface area contributed by atoms with Crippen molar-refractivity contribution in [3.63, 3.8) is 0 Å². The average molecular weight is 494 g/mol. The Balaban J connectivity index is 1.41. The fraction of sp³-hybridized carbons (Fsp3) is 0.269. The van der Waals surface area contributed by atoms with E-state index in [4.69, 9.17) is 9.47 Å². The number of ether oxygens (including phenoxy) is 2. The first-order valence-electron chi connectivity index (χ1n) is 10.9. The van der Waals surface area contributed by atoms with Crippen LogP contribution in [0.4, 0.5) is 0 Å². The van der Waals surface area contributed by atoms with Crippen LogP contribution >= 0.6 is 23.1 Å². The third-order valence-electron chi connectivity index (χ3n) is 5.47. The third-order valence-corrected chi connectivity index (χ3v) is 7.52. The molecule has 4 rings (SSSR count). The molecule has 0 saturated heterocycles. The van der Waals surface area contributed by atoms with Crippen LogP contribution in [0.2, 0.25) is 0 Å². The highest BCUT2D eigenvalue weighted by Gasteiger charge is 2.16. The number of carbonyl (C=O) groups is 1. The smallest absolute Gasteiger partial charge is 0.232 e. The van der Waals surface area contributed by atoms with Gasteiger partial charge >= 0.3 is 0 Å². The number of fused-ring (bicyclic) bond motifs is 1. The first-order chi connectivity index (χ1) is 16.5. The van der Waals surface area contributed by atoms with E-state index in [1.807, 2.05) is 50.4 Å². The fourth-order valence-electron chi connectivity index (χ4n) is 3.55. The Bertz CT molecular complexity index is 1290. The van der Waals surface area contributed by atoms with Gasteiger partial charge in [-0.15, -0.1) is 11.3 Å². The minimum absolute atomic E-state index is 0.0633. The second-order valence-electron chi connectivity index (χ2n) is 7.81. The van der Waals surface area contributed by atoms with Gasteiger partial charge in [0.15, 0.2) is 11.5 Å².